The molecular weight excluding hydrogens is 474 g/mol. The minimum Gasteiger partial charge on any atom is -0.444 e. The maximum absolute atomic E-state index is 13.1. The van der Waals surface area contributed by atoms with Gasteiger partial charge in [-0.1, -0.05) is 43.3 Å². The normalized spacial score (nSPS) is 16.8. The predicted octanol–water partition coefficient (Wildman–Crippen LogP) is 4.77. The van der Waals surface area contributed by atoms with E-state index in [0.29, 0.717) is 13.0 Å². The zero-order chi connectivity index (χ0) is 26.3. The standard InChI is InChI=1S/C28H37N3O4S/c1-5-36-22-15-13-21(14-16-22)20-11-9-19(10-12-20)18-23(25(29)32)30-26(33)24-8-6-7-17-31(24)27(34)35-28(2,3)4/h9-16,23-24H,5-8,17-18H2,1-4H3,(H2,29,32)(H,30,33)/t23-,24?/m0/s1. The highest BCUT2D eigenvalue weighted by atomic mass is 32.2. The van der Waals surface area contributed by atoms with Crippen LogP contribution >= 0.6 is 11.8 Å². The van der Waals surface area contributed by atoms with E-state index in [1.165, 1.54) is 9.80 Å². The average Bonchev–Trinajstić information content (AvgIpc) is 2.83. The summed E-state index contributed by atoms with van der Waals surface area (Å²) in [5.74, 6) is 0.0351. The van der Waals surface area contributed by atoms with E-state index < -0.39 is 29.7 Å². The average molecular weight is 512 g/mol. The third-order valence-electron chi connectivity index (χ3n) is 5.99. The van der Waals surface area contributed by atoms with Crippen molar-refractivity contribution in [3.63, 3.8) is 0 Å². The number of rotatable bonds is 8. The van der Waals surface area contributed by atoms with Gasteiger partial charge in [0.2, 0.25) is 11.8 Å². The number of piperidine rings is 1. The maximum Gasteiger partial charge on any atom is 0.410 e. The number of thioether (sulfide) groups is 1. The molecule has 2 aromatic rings. The molecule has 1 unspecified atom stereocenters. The lowest BCUT2D eigenvalue weighted by Gasteiger charge is -2.36. The molecule has 1 aliphatic heterocycles. The monoisotopic (exact) mass is 511 g/mol. The molecule has 0 saturated carbocycles. The zero-order valence-electron chi connectivity index (χ0n) is 21.6. The van der Waals surface area contributed by atoms with Crippen LogP contribution in [0.3, 0.4) is 0 Å². The molecule has 1 fully saturated rings. The number of hydrogen-bond acceptors (Lipinski definition) is 5. The summed E-state index contributed by atoms with van der Waals surface area (Å²) in [5, 5.41) is 2.78. The third kappa shape index (κ3) is 7.75. The second-order valence-corrected chi connectivity index (χ2v) is 11.3. The molecule has 0 spiro atoms. The molecule has 2 aromatic carbocycles. The Kier molecular flexibility index (Phi) is 9.43. The molecule has 194 valence electrons. The number of nitrogens with two attached hydrogens (primary N) is 1. The first-order valence-electron chi connectivity index (χ1n) is 12.5. The van der Waals surface area contributed by atoms with E-state index in [9.17, 15) is 14.4 Å². The van der Waals surface area contributed by atoms with Crippen LogP contribution in [0.4, 0.5) is 4.79 Å². The molecule has 3 rings (SSSR count). The summed E-state index contributed by atoms with van der Waals surface area (Å²) in [6, 6.07) is 14.7. The van der Waals surface area contributed by atoms with Crippen LogP contribution in [0.1, 0.15) is 52.5 Å². The second kappa shape index (κ2) is 12.3. The van der Waals surface area contributed by atoms with Gasteiger partial charge >= 0.3 is 6.09 Å². The van der Waals surface area contributed by atoms with Crippen LogP contribution in [-0.2, 0) is 20.7 Å². The summed E-state index contributed by atoms with van der Waals surface area (Å²) in [6.07, 6.45) is 1.88. The lowest BCUT2D eigenvalue weighted by atomic mass is 9.99. The molecule has 2 atom stereocenters. The Hall–Kier alpha value is -3.00. The minimum atomic E-state index is -0.879. The van der Waals surface area contributed by atoms with Crippen LogP contribution in [-0.4, -0.2) is 52.8 Å². The molecule has 0 bridgehead atoms. The summed E-state index contributed by atoms with van der Waals surface area (Å²) >= 11 is 1.80. The van der Waals surface area contributed by atoms with E-state index in [4.69, 9.17) is 10.5 Å². The van der Waals surface area contributed by atoms with Crippen molar-refractivity contribution in [2.45, 2.75) is 76.0 Å². The lowest BCUT2D eigenvalue weighted by Crippen LogP contribution is -2.56. The number of amides is 3. The first-order chi connectivity index (χ1) is 17.1. The Morgan fingerprint density at radius 3 is 2.22 bits per heavy atom. The smallest absolute Gasteiger partial charge is 0.410 e. The highest BCUT2D eigenvalue weighted by Crippen LogP contribution is 2.25. The molecule has 7 nitrogen and oxygen atoms in total. The molecule has 1 aliphatic rings. The number of ether oxygens (including phenoxy) is 1. The van der Waals surface area contributed by atoms with Crippen LogP contribution < -0.4 is 11.1 Å². The van der Waals surface area contributed by atoms with Crippen LogP contribution in [0.5, 0.6) is 0 Å². The summed E-state index contributed by atoms with van der Waals surface area (Å²) in [4.78, 5) is 40.7. The molecule has 3 amide bonds. The Labute approximate surface area is 218 Å². The Bertz CT molecular complexity index is 1050. The van der Waals surface area contributed by atoms with Gasteiger partial charge in [-0.2, -0.15) is 0 Å². The maximum atomic E-state index is 13.1. The van der Waals surface area contributed by atoms with Crippen LogP contribution in [0.25, 0.3) is 11.1 Å². The van der Waals surface area contributed by atoms with E-state index in [2.05, 4.69) is 36.5 Å². The topological polar surface area (TPSA) is 102 Å². The van der Waals surface area contributed by atoms with E-state index in [1.807, 2.05) is 24.3 Å². The highest BCUT2D eigenvalue weighted by Gasteiger charge is 2.36. The number of primary amides is 1. The number of nitrogens with zero attached hydrogens (tertiary/aromatic N) is 1. The zero-order valence-corrected chi connectivity index (χ0v) is 22.4. The van der Waals surface area contributed by atoms with E-state index in [0.717, 1.165) is 35.3 Å². The number of likely N-dealkylation sites (tertiary alicyclic amines) is 1. The van der Waals surface area contributed by atoms with E-state index in [-0.39, 0.29) is 12.3 Å². The Morgan fingerprint density at radius 2 is 1.67 bits per heavy atom. The molecule has 8 heteroatoms. The van der Waals surface area contributed by atoms with Crippen LogP contribution in [0.15, 0.2) is 53.4 Å². The quantitative estimate of drug-likeness (QED) is 0.497. The van der Waals surface area contributed by atoms with Crippen molar-refractivity contribution in [3.05, 3.63) is 54.1 Å². The molecule has 36 heavy (non-hydrogen) atoms. The van der Waals surface area contributed by atoms with E-state index in [1.54, 1.807) is 32.5 Å². The number of benzene rings is 2. The van der Waals surface area contributed by atoms with Crippen molar-refractivity contribution in [1.82, 2.24) is 10.2 Å². The first kappa shape index (κ1) is 27.6. The molecule has 0 radical (unpaired) electrons. The van der Waals surface area contributed by atoms with Crippen molar-refractivity contribution in [2.24, 2.45) is 5.73 Å². The van der Waals surface area contributed by atoms with Gasteiger partial charge in [0.15, 0.2) is 0 Å². The van der Waals surface area contributed by atoms with Gasteiger partial charge in [-0.05, 0) is 74.6 Å². The van der Waals surface area contributed by atoms with Gasteiger partial charge in [-0.3, -0.25) is 14.5 Å². The van der Waals surface area contributed by atoms with Crippen LogP contribution in [0.2, 0.25) is 0 Å². The van der Waals surface area contributed by atoms with Gasteiger partial charge in [0.05, 0.1) is 0 Å². The Balaban J connectivity index is 1.66. The van der Waals surface area contributed by atoms with Crippen molar-refractivity contribution in [3.8, 4) is 11.1 Å². The highest BCUT2D eigenvalue weighted by molar-refractivity contribution is 7.99. The van der Waals surface area contributed by atoms with Gasteiger partial charge in [0.25, 0.3) is 0 Å². The predicted molar refractivity (Wildman–Crippen MR) is 144 cm³/mol. The van der Waals surface area contributed by atoms with Crippen LogP contribution in [0, 0.1) is 0 Å². The van der Waals surface area contributed by atoms with Crippen molar-refractivity contribution in [2.75, 3.05) is 12.3 Å². The van der Waals surface area contributed by atoms with Gasteiger partial charge in [-0.15, -0.1) is 11.8 Å². The number of hydrogen-bond donors (Lipinski definition) is 2. The van der Waals surface area contributed by atoms with E-state index >= 15 is 0 Å². The third-order valence-corrected chi connectivity index (χ3v) is 6.88. The number of carbonyl (C=O) groups is 3. The largest absolute Gasteiger partial charge is 0.444 e. The fourth-order valence-corrected chi connectivity index (χ4v) is 4.88. The van der Waals surface area contributed by atoms with Crippen molar-refractivity contribution in [1.29, 1.82) is 0 Å². The lowest BCUT2D eigenvalue weighted by molar-refractivity contribution is -0.131. The molecule has 1 saturated heterocycles. The van der Waals surface area contributed by atoms with Crippen molar-refractivity contribution >= 4 is 29.7 Å². The fourth-order valence-electron chi connectivity index (χ4n) is 4.21. The summed E-state index contributed by atoms with van der Waals surface area (Å²) in [5.41, 5.74) is 8.05. The molecule has 1 heterocycles. The fraction of sp³-hybridized carbons (Fsp3) is 0.464. The number of nitrogens with one attached hydrogen (secondary N) is 1. The molecule has 0 aliphatic carbocycles. The summed E-state index contributed by atoms with van der Waals surface area (Å²) in [7, 11) is 0. The molecule has 3 N–H and O–H groups in total. The van der Waals surface area contributed by atoms with Gasteiger partial charge in [-0.25, -0.2) is 4.79 Å². The Morgan fingerprint density at radius 1 is 1.06 bits per heavy atom. The summed E-state index contributed by atoms with van der Waals surface area (Å²) in [6.45, 7) is 7.94. The second-order valence-electron chi connectivity index (χ2n) is 10.0. The van der Waals surface area contributed by atoms with Gasteiger partial charge in [0, 0.05) is 17.9 Å². The number of carbonyl (C=O) groups excluding carboxylic acids is 3. The molecule has 0 aromatic heterocycles. The van der Waals surface area contributed by atoms with Gasteiger partial charge in [0.1, 0.15) is 17.7 Å². The summed E-state index contributed by atoms with van der Waals surface area (Å²) < 4.78 is 5.49. The first-order valence-corrected chi connectivity index (χ1v) is 13.5. The molecular formula is C28H37N3O4S. The van der Waals surface area contributed by atoms with Gasteiger partial charge < -0.3 is 15.8 Å². The SMILES string of the molecule is CCSc1ccc(-c2ccc(C[C@H](NC(=O)C3CCCCN3C(=O)OC(C)(C)C)C(N)=O)cc2)cc1. The van der Waals surface area contributed by atoms with Crippen molar-refractivity contribution < 1.29 is 19.1 Å². The minimum absolute atomic E-state index is 0.270.